The van der Waals surface area contributed by atoms with E-state index >= 15 is 0 Å². The average Bonchev–Trinajstić information content (AvgIpc) is 2.96. The molecule has 110 valence electrons. The maximum atomic E-state index is 12.4. The first-order valence-corrected chi connectivity index (χ1v) is 7.63. The highest BCUT2D eigenvalue weighted by Gasteiger charge is 2.20. The van der Waals surface area contributed by atoms with Gasteiger partial charge in [0.15, 0.2) is 0 Å². The number of hydrogen-bond acceptors (Lipinski definition) is 4. The molecule has 1 amide bonds. The zero-order valence-electron chi connectivity index (χ0n) is 12.7. The lowest BCUT2D eigenvalue weighted by molar-refractivity contribution is 0.0801. The quantitative estimate of drug-likeness (QED) is 0.918. The molecule has 20 heavy (non-hydrogen) atoms. The molecule has 2 aromatic rings. The van der Waals surface area contributed by atoms with Gasteiger partial charge in [-0.1, -0.05) is 13.8 Å². The van der Waals surface area contributed by atoms with Crippen LogP contribution in [0.2, 0.25) is 0 Å². The lowest BCUT2D eigenvalue weighted by Crippen LogP contribution is -2.32. The van der Waals surface area contributed by atoms with Gasteiger partial charge in [-0.3, -0.25) is 9.48 Å². The number of nitrogens with one attached hydrogen (secondary N) is 1. The molecular formula is C14H22N4OS. The second-order valence-electron chi connectivity index (χ2n) is 5.32. The predicted octanol–water partition coefficient (Wildman–Crippen LogP) is 2.05. The Morgan fingerprint density at radius 2 is 2.25 bits per heavy atom. The van der Waals surface area contributed by atoms with Crippen molar-refractivity contribution in [2.75, 3.05) is 27.2 Å². The highest BCUT2D eigenvalue weighted by atomic mass is 32.1. The van der Waals surface area contributed by atoms with Crippen LogP contribution in [-0.2, 0) is 7.05 Å². The topological polar surface area (TPSA) is 50.2 Å². The molecular weight excluding hydrogens is 272 g/mol. The zero-order valence-corrected chi connectivity index (χ0v) is 13.5. The molecule has 2 rings (SSSR count). The summed E-state index contributed by atoms with van der Waals surface area (Å²) < 4.78 is 1.87. The monoisotopic (exact) mass is 294 g/mol. The van der Waals surface area contributed by atoms with Gasteiger partial charge >= 0.3 is 0 Å². The number of rotatable bonds is 5. The molecule has 2 aromatic heterocycles. The Kier molecular flexibility index (Phi) is 4.45. The molecule has 0 aromatic carbocycles. The van der Waals surface area contributed by atoms with Crippen molar-refractivity contribution >= 4 is 27.5 Å². The Morgan fingerprint density at radius 3 is 2.85 bits per heavy atom. The molecule has 0 spiro atoms. The summed E-state index contributed by atoms with van der Waals surface area (Å²) in [5, 5.41) is 8.70. The number of thiophene rings is 1. The second-order valence-corrected chi connectivity index (χ2v) is 6.35. The fourth-order valence-electron chi connectivity index (χ4n) is 2.17. The summed E-state index contributed by atoms with van der Waals surface area (Å²) in [6.07, 6.45) is 0. The van der Waals surface area contributed by atoms with E-state index in [4.69, 9.17) is 0 Å². The van der Waals surface area contributed by atoms with Gasteiger partial charge in [0.1, 0.15) is 4.83 Å². The van der Waals surface area contributed by atoms with Crippen molar-refractivity contribution in [3.63, 3.8) is 0 Å². The first-order chi connectivity index (χ1) is 9.45. The van der Waals surface area contributed by atoms with Gasteiger partial charge in [-0.15, -0.1) is 11.3 Å². The van der Waals surface area contributed by atoms with E-state index in [1.54, 1.807) is 4.90 Å². The third-order valence-corrected chi connectivity index (χ3v) is 4.53. The first-order valence-electron chi connectivity index (χ1n) is 6.82. The van der Waals surface area contributed by atoms with Crippen LogP contribution in [0, 0.1) is 0 Å². The Bertz CT molecular complexity index is 614. The van der Waals surface area contributed by atoms with Crippen molar-refractivity contribution in [1.82, 2.24) is 20.0 Å². The number of carbonyl (C=O) groups excluding carboxylic acids is 1. The number of aryl methyl sites for hydroxylation is 1. The van der Waals surface area contributed by atoms with E-state index in [2.05, 4.69) is 24.3 Å². The molecule has 5 nitrogen and oxygen atoms in total. The van der Waals surface area contributed by atoms with E-state index in [9.17, 15) is 4.79 Å². The van der Waals surface area contributed by atoms with Gasteiger partial charge in [0, 0.05) is 32.6 Å². The van der Waals surface area contributed by atoms with Gasteiger partial charge in [0.2, 0.25) is 0 Å². The summed E-state index contributed by atoms with van der Waals surface area (Å²) >= 11 is 1.52. The maximum absolute atomic E-state index is 12.4. The number of carbonyl (C=O) groups is 1. The number of fused-ring (bicyclic) bond motifs is 1. The second kappa shape index (κ2) is 5.93. The van der Waals surface area contributed by atoms with Crippen molar-refractivity contribution in [1.29, 1.82) is 0 Å². The first kappa shape index (κ1) is 15.0. The highest BCUT2D eigenvalue weighted by Crippen LogP contribution is 2.31. The molecule has 2 heterocycles. The fourth-order valence-corrected chi connectivity index (χ4v) is 3.24. The molecule has 0 saturated heterocycles. The molecule has 0 fully saturated rings. The minimum atomic E-state index is 0.0798. The number of nitrogens with zero attached hydrogens (tertiary/aromatic N) is 3. The number of amides is 1. The van der Waals surface area contributed by atoms with Gasteiger partial charge in [-0.25, -0.2) is 0 Å². The van der Waals surface area contributed by atoms with Crippen LogP contribution in [0.1, 0.15) is 35.1 Å². The Hall–Kier alpha value is -1.40. The zero-order chi connectivity index (χ0) is 14.9. The molecule has 0 radical (unpaired) electrons. The SMILES string of the molecule is CNCCN(C)C(=O)c1cc2c(C(C)C)nn(C)c2s1. The number of aromatic nitrogens is 2. The molecule has 6 heteroatoms. The predicted molar refractivity (Wildman–Crippen MR) is 83.6 cm³/mol. The third-order valence-electron chi connectivity index (χ3n) is 3.34. The summed E-state index contributed by atoms with van der Waals surface area (Å²) in [5.41, 5.74) is 1.07. The lowest BCUT2D eigenvalue weighted by atomic mass is 10.1. The van der Waals surface area contributed by atoms with Crippen LogP contribution in [0.4, 0.5) is 0 Å². The van der Waals surface area contributed by atoms with Crippen LogP contribution in [-0.4, -0.2) is 47.8 Å². The minimum absolute atomic E-state index is 0.0798. The van der Waals surface area contributed by atoms with Gasteiger partial charge < -0.3 is 10.2 Å². The Labute approximate surface area is 123 Å². The van der Waals surface area contributed by atoms with Crippen LogP contribution in [0.5, 0.6) is 0 Å². The van der Waals surface area contributed by atoms with Crippen LogP contribution < -0.4 is 5.32 Å². The molecule has 1 N–H and O–H groups in total. The van der Waals surface area contributed by atoms with Crippen molar-refractivity contribution < 1.29 is 4.79 Å². The Morgan fingerprint density at radius 1 is 1.55 bits per heavy atom. The summed E-state index contributed by atoms with van der Waals surface area (Å²) in [7, 11) is 5.66. The normalized spacial score (nSPS) is 11.5. The van der Waals surface area contributed by atoms with E-state index in [0.29, 0.717) is 12.5 Å². The van der Waals surface area contributed by atoms with Crippen LogP contribution >= 0.6 is 11.3 Å². The molecule has 0 aliphatic heterocycles. The molecule has 0 atom stereocenters. The standard InChI is InChI=1S/C14H22N4OS/c1-9(2)12-10-8-11(20-14(10)18(5)16-12)13(19)17(4)7-6-15-3/h8-9,15H,6-7H2,1-5H3. The summed E-state index contributed by atoms with van der Waals surface area (Å²) in [6.45, 7) is 5.75. The van der Waals surface area contributed by atoms with Crippen molar-refractivity contribution in [3.8, 4) is 0 Å². The average molecular weight is 294 g/mol. The molecule has 0 bridgehead atoms. The molecule has 0 saturated carbocycles. The van der Waals surface area contributed by atoms with E-state index in [0.717, 1.165) is 27.3 Å². The lowest BCUT2D eigenvalue weighted by Gasteiger charge is -2.15. The van der Waals surface area contributed by atoms with Gasteiger partial charge in [-0.2, -0.15) is 5.10 Å². The maximum Gasteiger partial charge on any atom is 0.263 e. The fraction of sp³-hybridized carbons (Fsp3) is 0.571. The van der Waals surface area contributed by atoms with Gasteiger partial charge in [0.05, 0.1) is 10.6 Å². The van der Waals surface area contributed by atoms with E-state index in [-0.39, 0.29) is 5.91 Å². The minimum Gasteiger partial charge on any atom is -0.340 e. The van der Waals surface area contributed by atoms with Crippen LogP contribution in [0.15, 0.2) is 6.07 Å². The van der Waals surface area contributed by atoms with E-state index in [1.165, 1.54) is 11.3 Å². The van der Waals surface area contributed by atoms with Gasteiger partial charge in [-0.05, 0) is 19.0 Å². The molecule has 0 aliphatic carbocycles. The highest BCUT2D eigenvalue weighted by molar-refractivity contribution is 7.20. The van der Waals surface area contributed by atoms with Crippen molar-refractivity contribution in [2.24, 2.45) is 7.05 Å². The van der Waals surface area contributed by atoms with E-state index in [1.807, 2.05) is 31.9 Å². The summed E-state index contributed by atoms with van der Waals surface area (Å²) in [5.74, 6) is 0.439. The summed E-state index contributed by atoms with van der Waals surface area (Å²) in [6, 6.07) is 1.99. The largest absolute Gasteiger partial charge is 0.340 e. The molecule has 0 unspecified atom stereocenters. The van der Waals surface area contributed by atoms with Crippen LogP contribution in [0.3, 0.4) is 0 Å². The number of hydrogen-bond donors (Lipinski definition) is 1. The number of likely N-dealkylation sites (N-methyl/N-ethyl adjacent to an activating group) is 2. The Balaban J connectivity index is 2.32. The third kappa shape index (κ3) is 2.71. The smallest absolute Gasteiger partial charge is 0.263 e. The molecule has 0 aliphatic rings. The van der Waals surface area contributed by atoms with E-state index < -0.39 is 0 Å². The van der Waals surface area contributed by atoms with Crippen molar-refractivity contribution in [2.45, 2.75) is 19.8 Å². The summed E-state index contributed by atoms with van der Waals surface area (Å²) in [4.78, 5) is 16.0. The van der Waals surface area contributed by atoms with Gasteiger partial charge in [0.25, 0.3) is 5.91 Å². The van der Waals surface area contributed by atoms with Crippen LogP contribution in [0.25, 0.3) is 10.2 Å². The van der Waals surface area contributed by atoms with Crippen molar-refractivity contribution in [3.05, 3.63) is 16.6 Å².